The van der Waals surface area contributed by atoms with Crippen molar-refractivity contribution in [1.29, 1.82) is 5.26 Å². The Hall–Kier alpha value is -4.01. The lowest BCUT2D eigenvalue weighted by atomic mass is 10.0. The summed E-state index contributed by atoms with van der Waals surface area (Å²) in [6.45, 7) is 8.02. The number of nitriles is 1. The second kappa shape index (κ2) is 10.6. The number of amides is 1. The van der Waals surface area contributed by atoms with E-state index in [1.54, 1.807) is 21.8 Å². The van der Waals surface area contributed by atoms with Gasteiger partial charge in [-0.25, -0.2) is 9.48 Å². The van der Waals surface area contributed by atoms with Gasteiger partial charge in [0.05, 0.1) is 24.3 Å². The summed E-state index contributed by atoms with van der Waals surface area (Å²) in [6.07, 6.45) is 0.366. The molecular weight excluding hydrogens is 511 g/mol. The number of alkyl halides is 3. The molecule has 208 valence electrons. The number of anilines is 1. The largest absolute Gasteiger partial charge is 0.444 e. The van der Waals surface area contributed by atoms with Crippen LogP contribution in [0.15, 0.2) is 30.6 Å². The fourth-order valence-electron chi connectivity index (χ4n) is 4.70. The summed E-state index contributed by atoms with van der Waals surface area (Å²) in [4.78, 5) is 14.2. The first-order valence-corrected chi connectivity index (χ1v) is 12.7. The highest BCUT2D eigenvalue weighted by Gasteiger charge is 2.32. The van der Waals surface area contributed by atoms with Gasteiger partial charge in [-0.2, -0.15) is 28.6 Å². The monoisotopic (exact) mass is 543 g/mol. The van der Waals surface area contributed by atoms with E-state index in [1.165, 1.54) is 23.9 Å². The molecule has 12 heteroatoms. The average molecular weight is 544 g/mol. The number of rotatable bonds is 4. The number of aryl methyl sites for hydroxylation is 1. The number of nitrogens with two attached hydrogens (primary N) is 1. The van der Waals surface area contributed by atoms with E-state index < -0.39 is 17.3 Å². The smallest absolute Gasteiger partial charge is 0.416 e. The second-order valence-corrected chi connectivity index (χ2v) is 10.8. The predicted octanol–water partition coefficient (Wildman–Crippen LogP) is 5.54. The minimum absolute atomic E-state index is 0.116. The van der Waals surface area contributed by atoms with Crippen molar-refractivity contribution < 1.29 is 22.7 Å². The number of nitrogen functional groups attached to an aromatic ring is 1. The maximum atomic E-state index is 13.3. The lowest BCUT2D eigenvalue weighted by molar-refractivity contribution is -0.138. The maximum absolute atomic E-state index is 13.3. The van der Waals surface area contributed by atoms with E-state index in [1.807, 2.05) is 20.8 Å². The molecule has 2 aromatic heterocycles. The van der Waals surface area contributed by atoms with Gasteiger partial charge in [0.15, 0.2) is 0 Å². The molecule has 1 atom stereocenters. The van der Waals surface area contributed by atoms with Crippen LogP contribution in [0, 0.1) is 18.3 Å². The molecular formula is C27H32F3N7O2. The first-order chi connectivity index (χ1) is 18.3. The third-order valence-electron chi connectivity index (χ3n) is 6.61. The molecule has 3 aromatic rings. The molecule has 3 heterocycles. The molecule has 0 spiro atoms. The Morgan fingerprint density at radius 3 is 2.64 bits per heavy atom. The van der Waals surface area contributed by atoms with Crippen molar-refractivity contribution in [3.63, 3.8) is 0 Å². The number of likely N-dealkylation sites (tertiary alicyclic amines) is 1. The van der Waals surface area contributed by atoms with Crippen molar-refractivity contribution in [2.75, 3.05) is 18.8 Å². The van der Waals surface area contributed by atoms with Crippen molar-refractivity contribution in [2.24, 2.45) is 0 Å². The molecule has 0 radical (unpaired) electrons. The van der Waals surface area contributed by atoms with Gasteiger partial charge in [0.25, 0.3) is 0 Å². The number of hydrogen-bond donors (Lipinski definition) is 1. The average Bonchev–Trinajstić information content (AvgIpc) is 3.33. The Balaban J connectivity index is 1.53. The van der Waals surface area contributed by atoms with Crippen molar-refractivity contribution in [2.45, 2.75) is 71.3 Å². The molecule has 39 heavy (non-hydrogen) atoms. The normalized spacial score (nSPS) is 16.6. The molecule has 1 aliphatic rings. The van der Waals surface area contributed by atoms with Crippen LogP contribution in [0.25, 0.3) is 11.3 Å². The van der Waals surface area contributed by atoms with E-state index in [2.05, 4.69) is 16.3 Å². The van der Waals surface area contributed by atoms with E-state index in [4.69, 9.17) is 10.5 Å². The molecule has 0 saturated carbocycles. The van der Waals surface area contributed by atoms with Crippen molar-refractivity contribution in [1.82, 2.24) is 24.5 Å². The Labute approximate surface area is 224 Å². The fourth-order valence-corrected chi connectivity index (χ4v) is 4.70. The van der Waals surface area contributed by atoms with Crippen LogP contribution in [-0.2, 0) is 17.5 Å². The Kier molecular flexibility index (Phi) is 7.63. The second-order valence-electron chi connectivity index (χ2n) is 10.8. The van der Waals surface area contributed by atoms with Gasteiger partial charge < -0.3 is 15.4 Å². The molecule has 1 fully saturated rings. The summed E-state index contributed by atoms with van der Waals surface area (Å²) in [5, 5.41) is 18.8. The van der Waals surface area contributed by atoms with E-state index >= 15 is 0 Å². The van der Waals surface area contributed by atoms with Crippen LogP contribution in [0.4, 0.5) is 23.8 Å². The topological polar surface area (TPSA) is 115 Å². The van der Waals surface area contributed by atoms with Gasteiger partial charge in [0, 0.05) is 24.8 Å². The van der Waals surface area contributed by atoms with Crippen molar-refractivity contribution in [3.8, 4) is 17.3 Å². The third-order valence-corrected chi connectivity index (χ3v) is 6.61. The number of ether oxygens (including phenoxy) is 1. The third kappa shape index (κ3) is 6.35. The summed E-state index contributed by atoms with van der Waals surface area (Å²) in [6, 6.07) is 6.19. The number of hydrogen-bond acceptors (Lipinski definition) is 6. The molecule has 4 rings (SSSR count). The molecule has 9 nitrogen and oxygen atoms in total. The molecule has 2 N–H and O–H groups in total. The Morgan fingerprint density at radius 1 is 1.23 bits per heavy atom. The summed E-state index contributed by atoms with van der Waals surface area (Å²) < 4.78 is 48.6. The van der Waals surface area contributed by atoms with Crippen LogP contribution in [0.1, 0.15) is 68.3 Å². The minimum atomic E-state index is -4.44. The summed E-state index contributed by atoms with van der Waals surface area (Å²) in [5.74, 6) is 0.226. The van der Waals surface area contributed by atoms with Gasteiger partial charge in [-0.15, -0.1) is 0 Å². The van der Waals surface area contributed by atoms with Gasteiger partial charge in [-0.1, -0.05) is 12.1 Å². The maximum Gasteiger partial charge on any atom is 0.416 e. The Bertz CT molecular complexity index is 1400. The van der Waals surface area contributed by atoms with Gasteiger partial charge in [-0.3, -0.25) is 4.68 Å². The van der Waals surface area contributed by atoms with Gasteiger partial charge in [0.2, 0.25) is 0 Å². The van der Waals surface area contributed by atoms with Crippen LogP contribution >= 0.6 is 0 Å². The van der Waals surface area contributed by atoms with Crippen LogP contribution in [0.3, 0.4) is 0 Å². The van der Waals surface area contributed by atoms with Crippen molar-refractivity contribution in [3.05, 3.63) is 52.8 Å². The summed E-state index contributed by atoms with van der Waals surface area (Å²) in [7, 11) is 0. The van der Waals surface area contributed by atoms with Crippen LogP contribution in [0.2, 0.25) is 0 Å². The zero-order valence-electron chi connectivity index (χ0n) is 22.4. The Morgan fingerprint density at radius 2 is 1.97 bits per heavy atom. The highest BCUT2D eigenvalue weighted by molar-refractivity contribution is 5.72. The summed E-state index contributed by atoms with van der Waals surface area (Å²) in [5.41, 5.74) is 6.78. The number of carbonyl (C=O) groups is 1. The number of carbonyl (C=O) groups excluding carboxylic acids is 1. The van der Waals surface area contributed by atoms with Gasteiger partial charge >= 0.3 is 12.3 Å². The first kappa shape index (κ1) is 28.0. The molecule has 1 aliphatic heterocycles. The standard InChI is InChI=1S/C27H32F3N7O2/c1-17-7-8-18(12-22(17)27(28,29)30)15-36-16-19(14-33-36)23-21(13-31)24(32)37(34-23)20-6-5-10-35(11-9-20)25(38)39-26(2,3)4/h7-8,12,14,16,20H,5-6,9-11,15,32H2,1-4H3/t20-/m0/s1. The predicted molar refractivity (Wildman–Crippen MR) is 139 cm³/mol. The van der Waals surface area contributed by atoms with E-state index in [0.717, 1.165) is 12.5 Å². The van der Waals surface area contributed by atoms with Crippen LogP contribution in [-0.4, -0.2) is 49.2 Å². The van der Waals surface area contributed by atoms with Crippen molar-refractivity contribution >= 4 is 11.9 Å². The number of aromatic nitrogens is 4. The lowest BCUT2D eigenvalue weighted by Gasteiger charge is -2.26. The molecule has 1 aromatic carbocycles. The first-order valence-electron chi connectivity index (χ1n) is 12.7. The van der Waals surface area contributed by atoms with Crippen LogP contribution in [0.5, 0.6) is 0 Å². The van der Waals surface area contributed by atoms with E-state index in [9.17, 15) is 23.2 Å². The number of benzene rings is 1. The zero-order valence-corrected chi connectivity index (χ0v) is 22.4. The zero-order chi connectivity index (χ0) is 28.5. The van der Waals surface area contributed by atoms with E-state index in [-0.39, 0.29) is 35.6 Å². The highest BCUT2D eigenvalue weighted by atomic mass is 19.4. The lowest BCUT2D eigenvalue weighted by Crippen LogP contribution is -2.37. The quantitative estimate of drug-likeness (QED) is 0.462. The van der Waals surface area contributed by atoms with E-state index in [0.29, 0.717) is 42.8 Å². The SMILES string of the molecule is Cc1ccc(Cn2cc(-c3nn([C@H]4CCCN(C(=O)OC(C)(C)C)CC4)c(N)c3C#N)cn2)cc1C(F)(F)F. The van der Waals surface area contributed by atoms with Gasteiger partial charge in [-0.05, 0) is 64.2 Å². The molecule has 0 bridgehead atoms. The number of halogens is 3. The van der Waals surface area contributed by atoms with Crippen LogP contribution < -0.4 is 5.73 Å². The summed E-state index contributed by atoms with van der Waals surface area (Å²) >= 11 is 0. The van der Waals surface area contributed by atoms with Gasteiger partial charge in [0.1, 0.15) is 28.7 Å². The molecule has 1 amide bonds. The highest BCUT2D eigenvalue weighted by Crippen LogP contribution is 2.34. The fraction of sp³-hybridized carbons (Fsp3) is 0.481. The molecule has 0 aliphatic carbocycles. The number of nitrogens with zero attached hydrogens (tertiary/aromatic N) is 6. The minimum Gasteiger partial charge on any atom is -0.444 e. The molecule has 0 unspecified atom stereocenters. The molecule has 1 saturated heterocycles.